The number of hydrogen-bond donors (Lipinski definition) is 0. The van der Waals surface area contributed by atoms with E-state index < -0.39 is 12.3 Å². The first kappa shape index (κ1) is 16.4. The highest BCUT2D eigenvalue weighted by Crippen LogP contribution is 2.07. The zero-order chi connectivity index (χ0) is 15.1. The predicted molar refractivity (Wildman–Crippen MR) is 73.8 cm³/mol. The van der Waals surface area contributed by atoms with E-state index in [-0.39, 0.29) is 17.7 Å². The van der Waals surface area contributed by atoms with Crippen LogP contribution in [0, 0.1) is 0 Å². The molecule has 1 aromatic heterocycles. The average molecular weight is 283 g/mol. The third-order valence-corrected chi connectivity index (χ3v) is 2.94. The third-order valence-electron chi connectivity index (χ3n) is 2.94. The molecule has 0 aliphatic carbocycles. The molecular weight excluding hydrogens is 262 g/mol. The van der Waals surface area contributed by atoms with Crippen molar-refractivity contribution in [2.75, 3.05) is 20.8 Å². The Bertz CT molecular complexity index is 505. The van der Waals surface area contributed by atoms with Crippen molar-refractivity contribution in [1.82, 2.24) is 4.57 Å². The zero-order valence-corrected chi connectivity index (χ0v) is 12.3. The van der Waals surface area contributed by atoms with E-state index in [9.17, 15) is 9.59 Å². The molecule has 0 atom stereocenters. The van der Waals surface area contributed by atoms with Crippen LogP contribution < -0.4 is 5.43 Å². The number of pyridine rings is 1. The fourth-order valence-electron chi connectivity index (χ4n) is 1.82. The molecule has 0 fully saturated rings. The van der Waals surface area contributed by atoms with Crippen LogP contribution in [0.2, 0.25) is 0 Å². The van der Waals surface area contributed by atoms with Crippen LogP contribution >= 0.6 is 0 Å². The minimum Gasteiger partial charge on any atom is -0.461 e. The Labute approximate surface area is 118 Å². The van der Waals surface area contributed by atoms with Crippen LogP contribution in [0.25, 0.3) is 0 Å². The van der Waals surface area contributed by atoms with Gasteiger partial charge in [0, 0.05) is 32.0 Å². The molecule has 20 heavy (non-hydrogen) atoms. The number of esters is 1. The smallest absolute Gasteiger partial charge is 0.355 e. The van der Waals surface area contributed by atoms with Crippen LogP contribution in [-0.2, 0) is 27.2 Å². The van der Waals surface area contributed by atoms with E-state index in [0.717, 1.165) is 0 Å². The zero-order valence-electron chi connectivity index (χ0n) is 12.3. The fraction of sp³-hybridized carbons (Fsp3) is 0.571. The van der Waals surface area contributed by atoms with E-state index in [1.54, 1.807) is 17.7 Å². The molecule has 0 unspecified atom stereocenters. The van der Waals surface area contributed by atoms with E-state index in [1.807, 2.05) is 6.92 Å². The maximum Gasteiger partial charge on any atom is 0.355 e. The van der Waals surface area contributed by atoms with Gasteiger partial charge < -0.3 is 18.8 Å². The number of methoxy groups -OCH3 is 2. The van der Waals surface area contributed by atoms with Gasteiger partial charge in [0.05, 0.1) is 13.2 Å². The lowest BCUT2D eigenvalue weighted by atomic mass is 10.2. The van der Waals surface area contributed by atoms with Crippen LogP contribution in [-0.4, -0.2) is 37.7 Å². The van der Waals surface area contributed by atoms with Gasteiger partial charge in [0.2, 0.25) is 0 Å². The fourth-order valence-corrected chi connectivity index (χ4v) is 1.82. The van der Waals surface area contributed by atoms with E-state index in [0.29, 0.717) is 18.5 Å². The number of nitrogens with zero attached hydrogens (tertiary/aromatic N) is 1. The Morgan fingerprint density at radius 1 is 1.30 bits per heavy atom. The first-order valence-corrected chi connectivity index (χ1v) is 6.53. The molecule has 112 valence electrons. The quantitative estimate of drug-likeness (QED) is 0.556. The second kappa shape index (κ2) is 7.81. The van der Waals surface area contributed by atoms with E-state index in [4.69, 9.17) is 14.2 Å². The molecule has 1 rings (SSSR count). The molecule has 0 aromatic carbocycles. The molecule has 0 saturated carbocycles. The summed E-state index contributed by atoms with van der Waals surface area (Å²) in [5, 5.41) is 0. The van der Waals surface area contributed by atoms with Gasteiger partial charge in [-0.15, -0.1) is 0 Å². The molecule has 0 bridgehead atoms. The van der Waals surface area contributed by atoms with Crippen LogP contribution in [0.4, 0.5) is 0 Å². The lowest BCUT2D eigenvalue weighted by Gasteiger charge is -2.19. The van der Waals surface area contributed by atoms with Gasteiger partial charge in [-0.05, 0) is 13.3 Å². The molecule has 1 heterocycles. The predicted octanol–water partition coefficient (Wildman–Crippen LogP) is 1.21. The van der Waals surface area contributed by atoms with Gasteiger partial charge in [0.25, 0.3) is 0 Å². The summed E-state index contributed by atoms with van der Waals surface area (Å²) in [6, 6.07) is 1.30. The SMILES string of the molecule is CCOC(=O)c1cc(=O)c(CC)cn1CC(OC)OC. The minimum absolute atomic E-state index is 0.168. The van der Waals surface area contributed by atoms with Crippen molar-refractivity contribution in [3.8, 4) is 0 Å². The number of ether oxygens (including phenoxy) is 3. The number of rotatable bonds is 7. The van der Waals surface area contributed by atoms with Crippen molar-refractivity contribution in [3.05, 3.63) is 33.7 Å². The molecule has 0 aliphatic rings. The molecule has 6 nitrogen and oxygen atoms in total. The van der Waals surface area contributed by atoms with Crippen molar-refractivity contribution in [2.45, 2.75) is 33.1 Å². The Balaban J connectivity index is 3.22. The number of aryl methyl sites for hydroxylation is 1. The summed E-state index contributed by atoms with van der Waals surface area (Å²) >= 11 is 0. The highest BCUT2D eigenvalue weighted by atomic mass is 16.7. The summed E-state index contributed by atoms with van der Waals surface area (Å²) in [5.41, 5.74) is 0.662. The number of carbonyl (C=O) groups is 1. The van der Waals surface area contributed by atoms with Gasteiger partial charge in [-0.1, -0.05) is 6.92 Å². The normalized spacial score (nSPS) is 10.8. The van der Waals surface area contributed by atoms with Gasteiger partial charge in [-0.3, -0.25) is 4.79 Å². The van der Waals surface area contributed by atoms with Gasteiger partial charge in [-0.2, -0.15) is 0 Å². The van der Waals surface area contributed by atoms with Gasteiger partial charge in [0.1, 0.15) is 5.69 Å². The number of aromatic nitrogens is 1. The first-order valence-electron chi connectivity index (χ1n) is 6.53. The molecule has 6 heteroatoms. The van der Waals surface area contributed by atoms with E-state index in [2.05, 4.69) is 0 Å². The first-order chi connectivity index (χ1) is 9.57. The molecule has 0 radical (unpaired) electrons. The summed E-state index contributed by atoms with van der Waals surface area (Å²) in [6.45, 7) is 4.15. The Kier molecular flexibility index (Phi) is 6.41. The summed E-state index contributed by atoms with van der Waals surface area (Å²) in [5.74, 6) is -0.529. The van der Waals surface area contributed by atoms with Crippen molar-refractivity contribution in [1.29, 1.82) is 0 Å². The molecule has 1 aromatic rings. The van der Waals surface area contributed by atoms with Crippen molar-refractivity contribution in [3.63, 3.8) is 0 Å². The summed E-state index contributed by atoms with van der Waals surface area (Å²) in [6.07, 6.45) is 1.74. The second-order valence-corrected chi connectivity index (χ2v) is 4.18. The Morgan fingerprint density at radius 2 is 1.95 bits per heavy atom. The highest BCUT2D eigenvalue weighted by Gasteiger charge is 2.17. The van der Waals surface area contributed by atoms with Gasteiger partial charge in [-0.25, -0.2) is 4.79 Å². The largest absolute Gasteiger partial charge is 0.461 e. The Morgan fingerprint density at radius 3 is 2.45 bits per heavy atom. The van der Waals surface area contributed by atoms with Crippen LogP contribution in [0.1, 0.15) is 29.9 Å². The van der Waals surface area contributed by atoms with Crippen molar-refractivity contribution >= 4 is 5.97 Å². The monoisotopic (exact) mass is 283 g/mol. The molecular formula is C14H21NO5. The topological polar surface area (TPSA) is 66.8 Å². The molecule has 0 aliphatic heterocycles. The number of carbonyl (C=O) groups excluding carboxylic acids is 1. The molecule has 0 N–H and O–H groups in total. The summed E-state index contributed by atoms with van der Waals surface area (Å²) < 4.78 is 16.9. The standard InChI is InChI=1S/C14H21NO5/c1-5-10-8-15(9-13(18-3)19-4)11(7-12(10)16)14(17)20-6-2/h7-8,13H,5-6,9H2,1-4H3. The molecule has 0 amide bonds. The van der Waals surface area contributed by atoms with Gasteiger partial charge >= 0.3 is 5.97 Å². The average Bonchev–Trinajstić information content (AvgIpc) is 2.45. The maximum absolute atomic E-state index is 11.9. The lowest BCUT2D eigenvalue weighted by Crippen LogP contribution is -2.27. The maximum atomic E-state index is 11.9. The van der Waals surface area contributed by atoms with E-state index in [1.165, 1.54) is 20.3 Å². The van der Waals surface area contributed by atoms with Gasteiger partial charge in [0.15, 0.2) is 11.7 Å². The number of hydrogen-bond acceptors (Lipinski definition) is 5. The van der Waals surface area contributed by atoms with Crippen LogP contribution in [0.15, 0.2) is 17.1 Å². The lowest BCUT2D eigenvalue weighted by molar-refractivity contribution is -0.111. The van der Waals surface area contributed by atoms with Crippen molar-refractivity contribution in [2.24, 2.45) is 0 Å². The summed E-state index contributed by atoms with van der Waals surface area (Å²) in [7, 11) is 3.03. The summed E-state index contributed by atoms with van der Waals surface area (Å²) in [4.78, 5) is 23.8. The second-order valence-electron chi connectivity index (χ2n) is 4.18. The Hall–Kier alpha value is -1.66. The van der Waals surface area contributed by atoms with Crippen molar-refractivity contribution < 1.29 is 19.0 Å². The third kappa shape index (κ3) is 3.91. The van der Waals surface area contributed by atoms with Crippen LogP contribution in [0.3, 0.4) is 0 Å². The molecule has 0 spiro atoms. The highest BCUT2D eigenvalue weighted by molar-refractivity contribution is 5.87. The minimum atomic E-state index is -0.529. The van der Waals surface area contributed by atoms with E-state index >= 15 is 0 Å². The molecule has 0 saturated heterocycles. The van der Waals surface area contributed by atoms with Crippen LogP contribution in [0.5, 0.6) is 0 Å².